The summed E-state index contributed by atoms with van der Waals surface area (Å²) in [5.74, 6) is -0.758. The van der Waals surface area contributed by atoms with E-state index < -0.39 is 5.97 Å². The molecule has 1 heterocycles. The van der Waals surface area contributed by atoms with Crippen LogP contribution in [0.15, 0.2) is 0 Å². The first kappa shape index (κ1) is 18.5. The highest BCUT2D eigenvalue weighted by atomic mass is 16.4. The molecule has 0 spiro atoms. The minimum absolute atomic E-state index is 0.0490. The number of piperidine rings is 1. The summed E-state index contributed by atoms with van der Waals surface area (Å²) in [5, 5.41) is 11.4. The van der Waals surface area contributed by atoms with E-state index in [9.17, 15) is 14.4 Å². The van der Waals surface area contributed by atoms with Crippen molar-refractivity contribution < 1.29 is 19.5 Å². The Labute approximate surface area is 132 Å². The van der Waals surface area contributed by atoms with Crippen LogP contribution >= 0.6 is 0 Å². The zero-order chi connectivity index (χ0) is 16.4. The molecule has 1 rings (SSSR count). The Hall–Kier alpha value is -1.59. The van der Waals surface area contributed by atoms with Gasteiger partial charge in [0.25, 0.3) is 0 Å². The molecular weight excluding hydrogens is 284 g/mol. The number of unbranched alkanes of at least 4 members (excludes halogenated alkanes) is 3. The van der Waals surface area contributed by atoms with E-state index in [-0.39, 0.29) is 24.3 Å². The Kier molecular flexibility index (Phi) is 8.55. The van der Waals surface area contributed by atoms with Crippen LogP contribution in [0.4, 0.5) is 0 Å². The molecule has 2 amide bonds. The highest BCUT2D eigenvalue weighted by molar-refractivity contribution is 5.87. The van der Waals surface area contributed by atoms with E-state index in [0.717, 1.165) is 38.5 Å². The summed E-state index contributed by atoms with van der Waals surface area (Å²) in [7, 11) is 0. The summed E-state index contributed by atoms with van der Waals surface area (Å²) in [4.78, 5) is 36.2. The first-order valence-corrected chi connectivity index (χ1v) is 8.35. The summed E-state index contributed by atoms with van der Waals surface area (Å²) in [6.07, 6.45) is 6.66. The molecule has 0 aromatic heterocycles. The molecule has 22 heavy (non-hydrogen) atoms. The number of hydrogen-bond acceptors (Lipinski definition) is 3. The Bertz CT molecular complexity index is 384. The number of hydrogen-bond donors (Lipinski definition) is 2. The molecule has 6 nitrogen and oxygen atoms in total. The van der Waals surface area contributed by atoms with Gasteiger partial charge < -0.3 is 15.3 Å². The fourth-order valence-corrected chi connectivity index (χ4v) is 2.79. The third-order valence-corrected chi connectivity index (χ3v) is 4.04. The molecule has 6 heteroatoms. The highest BCUT2D eigenvalue weighted by Gasteiger charge is 2.30. The van der Waals surface area contributed by atoms with Gasteiger partial charge in [-0.2, -0.15) is 0 Å². The average Bonchev–Trinajstić information content (AvgIpc) is 2.52. The first-order valence-electron chi connectivity index (χ1n) is 8.35. The molecule has 1 aliphatic heterocycles. The third-order valence-electron chi connectivity index (χ3n) is 4.04. The predicted octanol–water partition coefficient (Wildman–Crippen LogP) is 1.93. The minimum Gasteiger partial charge on any atom is -0.481 e. The van der Waals surface area contributed by atoms with Crippen molar-refractivity contribution in [2.75, 3.05) is 13.1 Å². The second-order valence-corrected chi connectivity index (χ2v) is 5.80. The smallest absolute Gasteiger partial charge is 0.303 e. The van der Waals surface area contributed by atoms with Gasteiger partial charge in [-0.25, -0.2) is 0 Å². The molecule has 0 aromatic rings. The molecule has 1 unspecified atom stereocenters. The fourth-order valence-electron chi connectivity index (χ4n) is 2.79. The van der Waals surface area contributed by atoms with Crippen LogP contribution in [0.5, 0.6) is 0 Å². The topological polar surface area (TPSA) is 86.7 Å². The summed E-state index contributed by atoms with van der Waals surface area (Å²) in [6.45, 7) is 3.10. The van der Waals surface area contributed by atoms with Gasteiger partial charge in [-0.1, -0.05) is 19.8 Å². The standard InChI is InChI=1S/C16H28N2O4/c1-2-14(19)18-12-8-6-9-13(18)16(22)17-11-7-4-3-5-10-15(20)21/h13H,2-12H2,1H3,(H,17,22)(H,20,21). The number of likely N-dealkylation sites (tertiary alicyclic amines) is 1. The molecular formula is C16H28N2O4. The van der Waals surface area contributed by atoms with E-state index >= 15 is 0 Å². The lowest BCUT2D eigenvalue weighted by molar-refractivity contribution is -0.142. The van der Waals surface area contributed by atoms with Crippen molar-refractivity contribution in [3.63, 3.8) is 0 Å². The maximum absolute atomic E-state index is 12.2. The average molecular weight is 312 g/mol. The van der Waals surface area contributed by atoms with Gasteiger partial charge in [-0.3, -0.25) is 14.4 Å². The number of carbonyl (C=O) groups excluding carboxylic acids is 2. The van der Waals surface area contributed by atoms with Crippen LogP contribution in [0.2, 0.25) is 0 Å². The summed E-state index contributed by atoms with van der Waals surface area (Å²) in [6, 6.07) is -0.312. The fraction of sp³-hybridized carbons (Fsp3) is 0.812. The Morgan fingerprint density at radius 2 is 1.86 bits per heavy atom. The molecule has 2 N–H and O–H groups in total. The zero-order valence-corrected chi connectivity index (χ0v) is 13.5. The highest BCUT2D eigenvalue weighted by Crippen LogP contribution is 2.18. The van der Waals surface area contributed by atoms with Crippen LogP contribution in [-0.2, 0) is 14.4 Å². The van der Waals surface area contributed by atoms with E-state index in [1.165, 1.54) is 0 Å². The summed E-state index contributed by atoms with van der Waals surface area (Å²) < 4.78 is 0. The SMILES string of the molecule is CCC(=O)N1CCCCC1C(=O)NCCCCCCC(=O)O. The lowest BCUT2D eigenvalue weighted by Crippen LogP contribution is -2.51. The van der Waals surface area contributed by atoms with E-state index in [1.54, 1.807) is 4.90 Å². The van der Waals surface area contributed by atoms with Gasteiger partial charge in [-0.15, -0.1) is 0 Å². The number of carbonyl (C=O) groups is 3. The molecule has 0 saturated carbocycles. The van der Waals surface area contributed by atoms with Crippen molar-refractivity contribution >= 4 is 17.8 Å². The van der Waals surface area contributed by atoms with E-state index in [1.807, 2.05) is 6.92 Å². The molecule has 0 aliphatic carbocycles. The lowest BCUT2D eigenvalue weighted by atomic mass is 10.0. The minimum atomic E-state index is -0.758. The van der Waals surface area contributed by atoms with Crippen molar-refractivity contribution in [3.05, 3.63) is 0 Å². The van der Waals surface area contributed by atoms with Gasteiger partial charge in [0.2, 0.25) is 11.8 Å². The number of rotatable bonds is 9. The zero-order valence-electron chi connectivity index (χ0n) is 13.5. The number of carboxylic acids is 1. The lowest BCUT2D eigenvalue weighted by Gasteiger charge is -2.34. The van der Waals surface area contributed by atoms with Crippen LogP contribution in [0.3, 0.4) is 0 Å². The Balaban J connectivity index is 2.22. The maximum Gasteiger partial charge on any atom is 0.303 e. The van der Waals surface area contributed by atoms with Crippen LogP contribution in [0.25, 0.3) is 0 Å². The van der Waals surface area contributed by atoms with Crippen LogP contribution in [-0.4, -0.2) is 46.9 Å². The maximum atomic E-state index is 12.2. The largest absolute Gasteiger partial charge is 0.481 e. The van der Waals surface area contributed by atoms with Crippen LogP contribution in [0.1, 0.15) is 64.7 Å². The normalized spacial score (nSPS) is 18.0. The Morgan fingerprint density at radius 3 is 2.55 bits per heavy atom. The molecule has 1 atom stereocenters. The van der Waals surface area contributed by atoms with E-state index in [2.05, 4.69) is 5.32 Å². The van der Waals surface area contributed by atoms with E-state index in [0.29, 0.717) is 25.9 Å². The van der Waals surface area contributed by atoms with Gasteiger partial charge in [-0.05, 0) is 32.1 Å². The van der Waals surface area contributed by atoms with Gasteiger partial charge in [0.15, 0.2) is 0 Å². The van der Waals surface area contributed by atoms with Crippen molar-refractivity contribution in [2.24, 2.45) is 0 Å². The quantitative estimate of drug-likeness (QED) is 0.637. The van der Waals surface area contributed by atoms with Gasteiger partial charge in [0.1, 0.15) is 6.04 Å². The second-order valence-electron chi connectivity index (χ2n) is 5.80. The van der Waals surface area contributed by atoms with Crippen molar-refractivity contribution in [1.82, 2.24) is 10.2 Å². The van der Waals surface area contributed by atoms with Crippen molar-refractivity contribution in [2.45, 2.75) is 70.8 Å². The van der Waals surface area contributed by atoms with Crippen molar-refractivity contribution in [1.29, 1.82) is 0 Å². The molecule has 1 fully saturated rings. The van der Waals surface area contributed by atoms with Gasteiger partial charge >= 0.3 is 5.97 Å². The molecule has 0 bridgehead atoms. The summed E-state index contributed by atoms with van der Waals surface area (Å²) >= 11 is 0. The van der Waals surface area contributed by atoms with Crippen LogP contribution in [0, 0.1) is 0 Å². The molecule has 1 aliphatic rings. The second kappa shape index (κ2) is 10.2. The summed E-state index contributed by atoms with van der Waals surface area (Å²) in [5.41, 5.74) is 0. The van der Waals surface area contributed by atoms with Gasteiger partial charge in [0, 0.05) is 25.9 Å². The number of nitrogens with one attached hydrogen (secondary N) is 1. The first-order chi connectivity index (χ1) is 10.6. The number of amides is 2. The predicted molar refractivity (Wildman–Crippen MR) is 83.4 cm³/mol. The van der Waals surface area contributed by atoms with E-state index in [4.69, 9.17) is 5.11 Å². The van der Waals surface area contributed by atoms with Gasteiger partial charge in [0.05, 0.1) is 0 Å². The Morgan fingerprint density at radius 1 is 1.14 bits per heavy atom. The molecule has 0 aromatic carbocycles. The van der Waals surface area contributed by atoms with Crippen LogP contribution < -0.4 is 5.32 Å². The molecule has 126 valence electrons. The number of carboxylic acid groups (broad SMARTS) is 1. The third kappa shape index (κ3) is 6.45. The van der Waals surface area contributed by atoms with Crippen molar-refractivity contribution in [3.8, 4) is 0 Å². The number of nitrogens with zero attached hydrogens (tertiary/aromatic N) is 1. The number of aliphatic carboxylic acids is 1. The molecule has 0 radical (unpaired) electrons. The molecule has 1 saturated heterocycles. The monoisotopic (exact) mass is 312 g/mol.